The summed E-state index contributed by atoms with van der Waals surface area (Å²) < 4.78 is 4.98. The maximum Gasteiger partial charge on any atom is 0.122 e. The Kier molecular flexibility index (Phi) is 6.40. The zero-order valence-electron chi connectivity index (χ0n) is 9.83. The number of nitrogens with one attached hydrogen (secondary N) is 1. The van der Waals surface area contributed by atoms with Gasteiger partial charge in [-0.05, 0) is 23.8 Å². The van der Waals surface area contributed by atoms with Crippen molar-refractivity contribution in [1.82, 2.24) is 0 Å². The molecule has 0 bridgehead atoms. The number of halogens is 1. The smallest absolute Gasteiger partial charge is 0.122 e. The van der Waals surface area contributed by atoms with Crippen LogP contribution in [0.5, 0.6) is 0 Å². The van der Waals surface area contributed by atoms with Crippen molar-refractivity contribution in [1.29, 1.82) is 5.41 Å². The van der Waals surface area contributed by atoms with Gasteiger partial charge in [-0.1, -0.05) is 23.7 Å². The summed E-state index contributed by atoms with van der Waals surface area (Å²) in [5, 5.41) is 7.99. The number of benzene rings is 1. The van der Waals surface area contributed by atoms with Gasteiger partial charge in [0.2, 0.25) is 0 Å². The molecule has 0 atom stereocenters. The third kappa shape index (κ3) is 4.98. The highest BCUT2D eigenvalue weighted by Gasteiger charge is 2.03. The standard InChI is InChI=1S/C12H17ClN2OS/c1-16-5-2-6-17-8-10-4-3-9(12(14)15)7-11(10)13/h3-4,7H,2,5-6,8H2,1H3,(H3,14,15). The van der Waals surface area contributed by atoms with E-state index in [0.717, 1.165) is 30.1 Å². The van der Waals surface area contributed by atoms with Crippen LogP contribution in [0.25, 0.3) is 0 Å². The quantitative estimate of drug-likeness (QED) is 0.456. The van der Waals surface area contributed by atoms with Crippen molar-refractivity contribution in [3.63, 3.8) is 0 Å². The van der Waals surface area contributed by atoms with Crippen LogP contribution in [0.4, 0.5) is 0 Å². The van der Waals surface area contributed by atoms with Gasteiger partial charge in [-0.15, -0.1) is 0 Å². The minimum Gasteiger partial charge on any atom is -0.385 e. The van der Waals surface area contributed by atoms with Crippen LogP contribution in [0.15, 0.2) is 18.2 Å². The average molecular weight is 273 g/mol. The second kappa shape index (κ2) is 7.58. The molecule has 5 heteroatoms. The monoisotopic (exact) mass is 272 g/mol. The van der Waals surface area contributed by atoms with Crippen molar-refractivity contribution in [2.24, 2.45) is 5.73 Å². The fourth-order valence-electron chi connectivity index (χ4n) is 1.32. The molecule has 0 aromatic heterocycles. The van der Waals surface area contributed by atoms with Crippen LogP contribution in [0.2, 0.25) is 5.02 Å². The molecule has 3 nitrogen and oxygen atoms in total. The highest BCUT2D eigenvalue weighted by Crippen LogP contribution is 2.22. The molecule has 1 aromatic carbocycles. The van der Waals surface area contributed by atoms with Crippen LogP contribution in [0, 0.1) is 5.41 Å². The maximum absolute atomic E-state index is 7.32. The lowest BCUT2D eigenvalue weighted by Gasteiger charge is -2.06. The molecule has 3 N–H and O–H groups in total. The third-order valence-corrected chi connectivity index (χ3v) is 3.70. The zero-order valence-corrected chi connectivity index (χ0v) is 11.4. The Labute approximate surface area is 111 Å². The van der Waals surface area contributed by atoms with Crippen LogP contribution in [-0.2, 0) is 10.5 Å². The summed E-state index contributed by atoms with van der Waals surface area (Å²) >= 11 is 7.95. The molecule has 0 spiro atoms. The van der Waals surface area contributed by atoms with E-state index in [2.05, 4.69) is 0 Å². The number of nitrogen functional groups attached to an aromatic ring is 1. The SMILES string of the molecule is COCCCSCc1ccc(C(=N)N)cc1Cl. The average Bonchev–Trinajstić information content (AvgIpc) is 2.30. The highest BCUT2D eigenvalue weighted by molar-refractivity contribution is 7.98. The van der Waals surface area contributed by atoms with Crippen molar-refractivity contribution in [3.8, 4) is 0 Å². The molecule has 1 aromatic rings. The second-order valence-corrected chi connectivity index (χ2v) is 5.13. The Bertz CT molecular complexity index is 385. The number of thioether (sulfide) groups is 1. The lowest BCUT2D eigenvalue weighted by molar-refractivity contribution is 0.200. The molecular formula is C12H17ClN2OS. The van der Waals surface area contributed by atoms with Crippen molar-refractivity contribution >= 4 is 29.2 Å². The molecule has 0 saturated heterocycles. The van der Waals surface area contributed by atoms with Crippen LogP contribution in [0.3, 0.4) is 0 Å². The van der Waals surface area contributed by atoms with Crippen molar-refractivity contribution in [3.05, 3.63) is 34.3 Å². The molecule has 0 aliphatic carbocycles. The topological polar surface area (TPSA) is 59.1 Å². The fraction of sp³-hybridized carbons (Fsp3) is 0.417. The van der Waals surface area contributed by atoms with Gasteiger partial charge in [0.1, 0.15) is 5.84 Å². The third-order valence-electron chi connectivity index (χ3n) is 2.26. The van der Waals surface area contributed by atoms with Crippen molar-refractivity contribution in [2.45, 2.75) is 12.2 Å². The number of amidine groups is 1. The molecule has 1 rings (SSSR count). The summed E-state index contributed by atoms with van der Waals surface area (Å²) in [4.78, 5) is 0. The van der Waals surface area contributed by atoms with Gasteiger partial charge in [0.05, 0.1) is 0 Å². The zero-order chi connectivity index (χ0) is 12.7. The minimum absolute atomic E-state index is 0.0474. The molecule has 0 aliphatic rings. The predicted octanol–water partition coefficient (Wildman–Crippen LogP) is 2.89. The van der Waals surface area contributed by atoms with Gasteiger partial charge in [0.25, 0.3) is 0 Å². The van der Waals surface area contributed by atoms with Gasteiger partial charge in [-0.2, -0.15) is 11.8 Å². The molecule has 0 heterocycles. The lowest BCUT2D eigenvalue weighted by Crippen LogP contribution is -2.10. The molecule has 0 saturated carbocycles. The summed E-state index contributed by atoms with van der Waals surface area (Å²) in [7, 11) is 1.71. The number of ether oxygens (including phenoxy) is 1. The molecule has 94 valence electrons. The van der Waals surface area contributed by atoms with Crippen LogP contribution < -0.4 is 5.73 Å². The predicted molar refractivity (Wildman–Crippen MR) is 75.1 cm³/mol. The Hall–Kier alpha value is -0.710. The van der Waals surface area contributed by atoms with Crippen molar-refractivity contribution < 1.29 is 4.74 Å². The molecule has 0 unspecified atom stereocenters. The largest absolute Gasteiger partial charge is 0.385 e. The first-order chi connectivity index (χ1) is 8.15. The van der Waals surface area contributed by atoms with E-state index in [9.17, 15) is 0 Å². The van der Waals surface area contributed by atoms with E-state index in [0.29, 0.717) is 10.6 Å². The Morgan fingerprint density at radius 2 is 2.29 bits per heavy atom. The second-order valence-electron chi connectivity index (χ2n) is 3.62. The summed E-state index contributed by atoms with van der Waals surface area (Å²) in [5.41, 5.74) is 7.15. The summed E-state index contributed by atoms with van der Waals surface area (Å²) in [6, 6.07) is 5.51. The van der Waals surface area contributed by atoms with Gasteiger partial charge >= 0.3 is 0 Å². The number of hydrogen-bond donors (Lipinski definition) is 2. The first-order valence-electron chi connectivity index (χ1n) is 5.34. The number of rotatable bonds is 7. The maximum atomic E-state index is 7.32. The van der Waals surface area contributed by atoms with E-state index >= 15 is 0 Å². The molecule has 0 fully saturated rings. The number of nitrogens with two attached hydrogens (primary N) is 1. The molecule has 17 heavy (non-hydrogen) atoms. The molecular weight excluding hydrogens is 256 g/mol. The van der Waals surface area contributed by atoms with Crippen molar-refractivity contribution in [2.75, 3.05) is 19.5 Å². The van der Waals surface area contributed by atoms with Crippen LogP contribution in [0.1, 0.15) is 17.5 Å². The Balaban J connectivity index is 2.46. The molecule has 0 aliphatic heterocycles. The van der Waals surface area contributed by atoms with E-state index < -0.39 is 0 Å². The van der Waals surface area contributed by atoms with Gasteiger partial charge in [-0.25, -0.2) is 0 Å². The van der Waals surface area contributed by atoms with Crippen LogP contribution >= 0.6 is 23.4 Å². The summed E-state index contributed by atoms with van der Waals surface area (Å²) in [5.74, 6) is 1.98. The first kappa shape index (κ1) is 14.4. The van der Waals surface area contributed by atoms with Gasteiger partial charge < -0.3 is 10.5 Å². The van der Waals surface area contributed by atoms with E-state index in [4.69, 9.17) is 27.5 Å². The van der Waals surface area contributed by atoms with E-state index in [1.807, 2.05) is 23.9 Å². The van der Waals surface area contributed by atoms with E-state index in [1.54, 1.807) is 13.2 Å². The number of hydrogen-bond acceptors (Lipinski definition) is 3. The minimum atomic E-state index is 0.0474. The van der Waals surface area contributed by atoms with Gasteiger partial charge in [-0.3, -0.25) is 5.41 Å². The lowest BCUT2D eigenvalue weighted by atomic mass is 10.1. The molecule has 0 radical (unpaired) electrons. The normalized spacial score (nSPS) is 10.5. The van der Waals surface area contributed by atoms with Gasteiger partial charge in [0.15, 0.2) is 0 Å². The van der Waals surface area contributed by atoms with Gasteiger partial charge in [0, 0.05) is 30.1 Å². The number of methoxy groups -OCH3 is 1. The van der Waals surface area contributed by atoms with E-state index in [-0.39, 0.29) is 5.84 Å². The Morgan fingerprint density at radius 3 is 2.88 bits per heavy atom. The highest BCUT2D eigenvalue weighted by atomic mass is 35.5. The summed E-state index contributed by atoms with van der Waals surface area (Å²) in [6.45, 7) is 0.796. The first-order valence-corrected chi connectivity index (χ1v) is 6.88. The Morgan fingerprint density at radius 1 is 1.53 bits per heavy atom. The fourth-order valence-corrected chi connectivity index (χ4v) is 2.58. The van der Waals surface area contributed by atoms with E-state index in [1.165, 1.54) is 0 Å². The van der Waals surface area contributed by atoms with Crippen LogP contribution in [-0.4, -0.2) is 25.3 Å². The molecule has 0 amide bonds. The summed E-state index contributed by atoms with van der Waals surface area (Å²) in [6.07, 6.45) is 1.05.